The van der Waals surface area contributed by atoms with Crippen molar-refractivity contribution in [3.05, 3.63) is 58.5 Å². The Balaban J connectivity index is 1.66. The number of anilines is 1. The van der Waals surface area contributed by atoms with E-state index < -0.39 is 0 Å². The highest BCUT2D eigenvalue weighted by molar-refractivity contribution is 6.02. The Morgan fingerprint density at radius 2 is 1.83 bits per heavy atom. The first-order valence-electron chi connectivity index (χ1n) is 7.97. The maximum atomic E-state index is 12.3. The van der Waals surface area contributed by atoms with Crippen LogP contribution in [0.3, 0.4) is 0 Å². The predicted octanol–water partition coefficient (Wildman–Crippen LogP) is 0.828. The highest BCUT2D eigenvalue weighted by Gasteiger charge is 2.13. The summed E-state index contributed by atoms with van der Waals surface area (Å²) in [6, 6.07) is 12.0. The van der Waals surface area contributed by atoms with Crippen LogP contribution in [-0.4, -0.2) is 53.4 Å². The normalized spacial score (nSPS) is 15.2. The Morgan fingerprint density at radius 1 is 1.08 bits per heavy atom. The monoisotopic (exact) mass is 328 g/mol. The molecule has 0 bridgehead atoms. The average molecular weight is 328 g/mol. The van der Waals surface area contributed by atoms with Gasteiger partial charge < -0.3 is 10.1 Å². The van der Waals surface area contributed by atoms with E-state index in [1.165, 1.54) is 16.8 Å². The van der Waals surface area contributed by atoms with E-state index in [2.05, 4.69) is 15.3 Å². The van der Waals surface area contributed by atoms with Crippen LogP contribution in [0.25, 0.3) is 0 Å². The smallest absolute Gasteiger partial charge is 0.276 e. The molecule has 2 aromatic rings. The summed E-state index contributed by atoms with van der Waals surface area (Å²) < 4.78 is 6.65. The van der Waals surface area contributed by atoms with E-state index in [1.54, 1.807) is 12.1 Å². The molecular weight excluding hydrogens is 308 g/mol. The van der Waals surface area contributed by atoms with E-state index in [0.717, 1.165) is 13.1 Å². The molecule has 1 fully saturated rings. The molecule has 0 spiro atoms. The van der Waals surface area contributed by atoms with E-state index in [1.807, 2.05) is 18.2 Å². The Hall–Kier alpha value is -2.51. The second kappa shape index (κ2) is 7.85. The fourth-order valence-corrected chi connectivity index (χ4v) is 2.51. The van der Waals surface area contributed by atoms with Crippen LogP contribution in [0.2, 0.25) is 0 Å². The molecule has 2 heterocycles. The molecule has 3 rings (SSSR count). The topological polar surface area (TPSA) is 76.5 Å². The van der Waals surface area contributed by atoms with Gasteiger partial charge in [-0.3, -0.25) is 14.5 Å². The average Bonchev–Trinajstić information content (AvgIpc) is 2.62. The highest BCUT2D eigenvalue weighted by Crippen LogP contribution is 2.06. The van der Waals surface area contributed by atoms with E-state index in [4.69, 9.17) is 4.74 Å². The van der Waals surface area contributed by atoms with Gasteiger partial charge in [-0.25, -0.2) is 4.68 Å². The third kappa shape index (κ3) is 4.27. The number of para-hydroxylation sites is 1. The molecule has 0 saturated carbocycles. The molecule has 1 aromatic carbocycles. The van der Waals surface area contributed by atoms with Crippen molar-refractivity contribution >= 4 is 11.6 Å². The van der Waals surface area contributed by atoms with E-state index in [0.29, 0.717) is 32.0 Å². The summed E-state index contributed by atoms with van der Waals surface area (Å²) in [6.45, 7) is 4.28. The van der Waals surface area contributed by atoms with E-state index in [9.17, 15) is 9.59 Å². The van der Waals surface area contributed by atoms with Gasteiger partial charge in [-0.05, 0) is 18.2 Å². The summed E-state index contributed by atoms with van der Waals surface area (Å²) in [7, 11) is 0. The van der Waals surface area contributed by atoms with E-state index >= 15 is 0 Å². The first-order chi connectivity index (χ1) is 11.7. The van der Waals surface area contributed by atoms with Gasteiger partial charge >= 0.3 is 0 Å². The lowest BCUT2D eigenvalue weighted by atomic mass is 10.3. The van der Waals surface area contributed by atoms with Gasteiger partial charge in [0.15, 0.2) is 0 Å². The van der Waals surface area contributed by atoms with Crippen molar-refractivity contribution in [2.24, 2.45) is 0 Å². The fraction of sp³-hybridized carbons (Fsp3) is 0.353. The lowest BCUT2D eigenvalue weighted by Crippen LogP contribution is -2.39. The van der Waals surface area contributed by atoms with Crippen LogP contribution in [0.1, 0.15) is 10.5 Å². The fourth-order valence-electron chi connectivity index (χ4n) is 2.51. The number of nitrogens with one attached hydrogen (secondary N) is 1. The van der Waals surface area contributed by atoms with Gasteiger partial charge in [-0.15, -0.1) is 0 Å². The lowest BCUT2D eigenvalue weighted by molar-refractivity contribution is 0.0358. The van der Waals surface area contributed by atoms with Gasteiger partial charge in [0.25, 0.3) is 11.5 Å². The van der Waals surface area contributed by atoms with Crippen molar-refractivity contribution in [2.45, 2.75) is 6.54 Å². The minimum absolute atomic E-state index is 0.209. The number of hydrogen-bond donors (Lipinski definition) is 1. The maximum absolute atomic E-state index is 12.3. The summed E-state index contributed by atoms with van der Waals surface area (Å²) in [5.41, 5.74) is 0.704. The number of rotatable bonds is 5. The Kier molecular flexibility index (Phi) is 5.35. The highest BCUT2D eigenvalue weighted by atomic mass is 16.5. The van der Waals surface area contributed by atoms with Crippen LogP contribution in [-0.2, 0) is 11.3 Å². The van der Waals surface area contributed by atoms with Crippen LogP contribution < -0.4 is 10.9 Å². The molecule has 1 aromatic heterocycles. The number of amides is 1. The summed E-state index contributed by atoms with van der Waals surface area (Å²) in [4.78, 5) is 26.4. The minimum atomic E-state index is -0.332. The largest absolute Gasteiger partial charge is 0.379 e. The number of carbonyl (C=O) groups excluding carboxylic acids is 1. The maximum Gasteiger partial charge on any atom is 0.276 e. The molecule has 0 radical (unpaired) electrons. The molecule has 7 nitrogen and oxygen atoms in total. The minimum Gasteiger partial charge on any atom is -0.379 e. The number of benzene rings is 1. The SMILES string of the molecule is O=C(Nc1ccccc1)c1ccc(=O)n(CCN2CCOCC2)n1. The standard InChI is InChI=1S/C17H20N4O3/c22-16-7-6-15(17(23)18-14-4-2-1-3-5-14)19-21(16)9-8-20-10-12-24-13-11-20/h1-7H,8-13H2,(H,18,23). The summed E-state index contributed by atoms with van der Waals surface area (Å²) in [6.07, 6.45) is 0. The number of morpholine rings is 1. The van der Waals surface area contributed by atoms with Crippen molar-refractivity contribution in [3.63, 3.8) is 0 Å². The number of aromatic nitrogens is 2. The second-order valence-corrected chi connectivity index (χ2v) is 5.55. The molecule has 0 aliphatic carbocycles. The molecule has 7 heteroatoms. The van der Waals surface area contributed by atoms with Crippen LogP contribution in [0.15, 0.2) is 47.3 Å². The van der Waals surface area contributed by atoms with Gasteiger partial charge in [0, 0.05) is 31.4 Å². The zero-order chi connectivity index (χ0) is 16.8. The van der Waals surface area contributed by atoms with Crippen molar-refractivity contribution in [1.82, 2.24) is 14.7 Å². The molecule has 1 aliphatic heterocycles. The summed E-state index contributed by atoms with van der Waals surface area (Å²) in [5.74, 6) is -0.332. The van der Waals surface area contributed by atoms with E-state index in [-0.39, 0.29) is 17.2 Å². The molecule has 1 amide bonds. The van der Waals surface area contributed by atoms with Gasteiger partial charge in [0.1, 0.15) is 5.69 Å². The first-order valence-corrected chi connectivity index (χ1v) is 7.97. The Bertz CT molecular complexity index is 739. The second-order valence-electron chi connectivity index (χ2n) is 5.55. The first kappa shape index (κ1) is 16.4. The Morgan fingerprint density at radius 3 is 2.58 bits per heavy atom. The summed E-state index contributed by atoms with van der Waals surface area (Å²) in [5, 5.41) is 6.95. The molecule has 1 aliphatic rings. The Labute approximate surface area is 139 Å². The van der Waals surface area contributed by atoms with Gasteiger partial charge in [-0.2, -0.15) is 5.10 Å². The zero-order valence-corrected chi connectivity index (χ0v) is 13.4. The molecule has 0 unspecified atom stereocenters. The third-order valence-corrected chi connectivity index (χ3v) is 3.86. The van der Waals surface area contributed by atoms with Crippen LogP contribution in [0.4, 0.5) is 5.69 Å². The number of nitrogens with zero attached hydrogens (tertiary/aromatic N) is 3. The number of hydrogen-bond acceptors (Lipinski definition) is 5. The van der Waals surface area contributed by atoms with Crippen molar-refractivity contribution in [3.8, 4) is 0 Å². The molecular formula is C17H20N4O3. The summed E-state index contributed by atoms with van der Waals surface area (Å²) >= 11 is 0. The molecule has 1 saturated heterocycles. The van der Waals surface area contributed by atoms with Crippen molar-refractivity contribution < 1.29 is 9.53 Å². The predicted molar refractivity (Wildman–Crippen MR) is 90.2 cm³/mol. The lowest BCUT2D eigenvalue weighted by Gasteiger charge is -2.26. The molecule has 0 atom stereocenters. The van der Waals surface area contributed by atoms with Gasteiger partial charge in [0.05, 0.1) is 19.8 Å². The number of ether oxygens (including phenoxy) is 1. The quantitative estimate of drug-likeness (QED) is 0.880. The third-order valence-electron chi connectivity index (χ3n) is 3.86. The molecule has 24 heavy (non-hydrogen) atoms. The number of carbonyl (C=O) groups is 1. The van der Waals surface area contributed by atoms with Gasteiger partial charge in [-0.1, -0.05) is 18.2 Å². The van der Waals surface area contributed by atoms with Gasteiger partial charge in [0.2, 0.25) is 0 Å². The molecule has 126 valence electrons. The van der Waals surface area contributed by atoms with Crippen molar-refractivity contribution in [2.75, 3.05) is 38.2 Å². The van der Waals surface area contributed by atoms with Crippen molar-refractivity contribution in [1.29, 1.82) is 0 Å². The molecule has 1 N–H and O–H groups in total. The zero-order valence-electron chi connectivity index (χ0n) is 13.4. The van der Waals surface area contributed by atoms with Crippen LogP contribution in [0, 0.1) is 0 Å². The van der Waals surface area contributed by atoms with Crippen LogP contribution in [0.5, 0.6) is 0 Å². The van der Waals surface area contributed by atoms with Crippen LogP contribution >= 0.6 is 0 Å².